The molecule has 3 fully saturated rings. The average Bonchev–Trinajstić information content (AvgIpc) is 2.67. The van der Waals surface area contributed by atoms with Crippen LogP contribution < -0.4 is 0 Å². The Kier molecular flexibility index (Phi) is 4.32. The molecule has 0 unspecified atom stereocenters. The van der Waals surface area contributed by atoms with Crippen molar-refractivity contribution in [1.82, 2.24) is 9.80 Å². The van der Waals surface area contributed by atoms with E-state index in [9.17, 15) is 9.90 Å². The minimum absolute atomic E-state index is 0.169. The number of rotatable bonds is 1. The molecule has 1 N–H and O–H groups in total. The number of likely N-dealkylation sites (tertiary alicyclic amines) is 1. The molecule has 20 heavy (non-hydrogen) atoms. The number of aliphatic hydroxyl groups is 1. The molecule has 2 saturated heterocycles. The molecule has 3 rings (SSSR count). The number of hydrogen-bond donors (Lipinski definition) is 1. The van der Waals surface area contributed by atoms with E-state index in [1.807, 2.05) is 0 Å². The van der Waals surface area contributed by atoms with Gasteiger partial charge in [-0.2, -0.15) is 0 Å². The Morgan fingerprint density at radius 3 is 2.50 bits per heavy atom. The van der Waals surface area contributed by atoms with E-state index in [0.29, 0.717) is 17.9 Å². The minimum Gasteiger partial charge on any atom is -0.393 e. The average molecular weight is 280 g/mol. The van der Waals surface area contributed by atoms with Gasteiger partial charge in [0.1, 0.15) is 0 Å². The first-order valence-corrected chi connectivity index (χ1v) is 8.30. The van der Waals surface area contributed by atoms with Gasteiger partial charge in [0.2, 0.25) is 5.91 Å². The molecule has 1 saturated carbocycles. The lowest BCUT2D eigenvalue weighted by molar-refractivity contribution is -0.138. The molecule has 114 valence electrons. The summed E-state index contributed by atoms with van der Waals surface area (Å²) in [7, 11) is 2.22. The van der Waals surface area contributed by atoms with Crippen LogP contribution in [0.25, 0.3) is 0 Å². The molecule has 2 atom stereocenters. The van der Waals surface area contributed by atoms with Gasteiger partial charge in [-0.15, -0.1) is 0 Å². The van der Waals surface area contributed by atoms with Crippen molar-refractivity contribution in [3.63, 3.8) is 0 Å². The molecule has 1 amide bonds. The van der Waals surface area contributed by atoms with Gasteiger partial charge in [-0.25, -0.2) is 0 Å². The second-order valence-electron chi connectivity index (χ2n) is 7.14. The van der Waals surface area contributed by atoms with Crippen LogP contribution in [0, 0.1) is 11.8 Å². The highest BCUT2D eigenvalue weighted by Crippen LogP contribution is 2.30. The highest BCUT2D eigenvalue weighted by atomic mass is 16.3. The van der Waals surface area contributed by atoms with Crippen LogP contribution in [-0.4, -0.2) is 59.6 Å². The van der Waals surface area contributed by atoms with Crippen molar-refractivity contribution in [3.8, 4) is 0 Å². The van der Waals surface area contributed by atoms with Gasteiger partial charge in [-0.3, -0.25) is 4.79 Å². The lowest BCUT2D eigenvalue weighted by Gasteiger charge is -2.34. The summed E-state index contributed by atoms with van der Waals surface area (Å²) < 4.78 is 0. The van der Waals surface area contributed by atoms with Crippen molar-refractivity contribution in [2.75, 3.05) is 26.7 Å². The summed E-state index contributed by atoms with van der Waals surface area (Å²) >= 11 is 0. The van der Waals surface area contributed by atoms with Gasteiger partial charge >= 0.3 is 0 Å². The van der Waals surface area contributed by atoms with Crippen LogP contribution in [-0.2, 0) is 4.79 Å². The number of nitrogens with zero attached hydrogens (tertiary/aromatic N) is 2. The molecule has 0 aromatic carbocycles. The number of amides is 1. The summed E-state index contributed by atoms with van der Waals surface area (Å²) in [5.41, 5.74) is 0. The topological polar surface area (TPSA) is 43.8 Å². The normalized spacial score (nSPS) is 39.4. The van der Waals surface area contributed by atoms with E-state index in [1.54, 1.807) is 0 Å². The molecule has 0 radical (unpaired) electrons. The van der Waals surface area contributed by atoms with Crippen LogP contribution in [0.15, 0.2) is 0 Å². The van der Waals surface area contributed by atoms with Crippen molar-refractivity contribution in [2.45, 2.75) is 57.1 Å². The highest BCUT2D eigenvalue weighted by molar-refractivity contribution is 5.79. The van der Waals surface area contributed by atoms with Gasteiger partial charge in [0.15, 0.2) is 0 Å². The number of carbonyl (C=O) groups is 1. The molecule has 4 nitrogen and oxygen atoms in total. The molecule has 2 aliphatic heterocycles. The summed E-state index contributed by atoms with van der Waals surface area (Å²) in [5.74, 6) is 1.19. The van der Waals surface area contributed by atoms with Crippen molar-refractivity contribution >= 4 is 5.91 Å². The maximum absolute atomic E-state index is 12.8. The SMILES string of the molecule is CN1C[C@@H]2CCC[C@H]1CN(C(=O)C1CCC(O)CC1)C2. The first-order chi connectivity index (χ1) is 9.63. The molecule has 3 aliphatic rings. The summed E-state index contributed by atoms with van der Waals surface area (Å²) in [4.78, 5) is 17.4. The van der Waals surface area contributed by atoms with Gasteiger partial charge in [-0.1, -0.05) is 6.42 Å². The van der Waals surface area contributed by atoms with Gasteiger partial charge in [0, 0.05) is 31.6 Å². The Labute approximate surface area is 122 Å². The van der Waals surface area contributed by atoms with Gasteiger partial charge in [0.05, 0.1) is 6.10 Å². The second-order valence-corrected chi connectivity index (χ2v) is 7.14. The van der Waals surface area contributed by atoms with Crippen molar-refractivity contribution < 1.29 is 9.90 Å². The van der Waals surface area contributed by atoms with Crippen molar-refractivity contribution in [2.24, 2.45) is 11.8 Å². The monoisotopic (exact) mass is 280 g/mol. The third-order valence-corrected chi connectivity index (χ3v) is 5.59. The first-order valence-electron chi connectivity index (χ1n) is 8.30. The second kappa shape index (κ2) is 6.02. The van der Waals surface area contributed by atoms with Crippen LogP contribution in [0.3, 0.4) is 0 Å². The fraction of sp³-hybridized carbons (Fsp3) is 0.938. The van der Waals surface area contributed by atoms with Crippen molar-refractivity contribution in [1.29, 1.82) is 0 Å². The third-order valence-electron chi connectivity index (χ3n) is 5.59. The van der Waals surface area contributed by atoms with E-state index < -0.39 is 0 Å². The van der Waals surface area contributed by atoms with E-state index in [4.69, 9.17) is 0 Å². The predicted molar refractivity (Wildman–Crippen MR) is 78.3 cm³/mol. The zero-order chi connectivity index (χ0) is 14.1. The number of carbonyl (C=O) groups excluding carboxylic acids is 1. The van der Waals surface area contributed by atoms with Gasteiger partial charge < -0.3 is 14.9 Å². The molecular weight excluding hydrogens is 252 g/mol. The highest BCUT2D eigenvalue weighted by Gasteiger charge is 2.35. The van der Waals surface area contributed by atoms with Gasteiger partial charge in [-0.05, 0) is 51.5 Å². The predicted octanol–water partition coefficient (Wildman–Crippen LogP) is 1.48. The minimum atomic E-state index is -0.173. The molecule has 4 heteroatoms. The number of aliphatic hydroxyl groups excluding tert-OH is 1. The largest absolute Gasteiger partial charge is 0.393 e. The molecule has 0 spiro atoms. The first kappa shape index (κ1) is 14.3. The van der Waals surface area contributed by atoms with Crippen LogP contribution in [0.4, 0.5) is 0 Å². The Bertz CT molecular complexity index is 352. The molecule has 0 aromatic heterocycles. The fourth-order valence-corrected chi connectivity index (χ4v) is 4.29. The van der Waals surface area contributed by atoms with E-state index >= 15 is 0 Å². The maximum Gasteiger partial charge on any atom is 0.225 e. The number of fused-ring (bicyclic) bond motifs is 3. The standard InChI is InChI=1S/C16H28N2O2/c1-17-9-12-3-2-4-14(17)11-18(10-12)16(20)13-5-7-15(19)8-6-13/h12-15,19H,2-11H2,1H3/t12-,13?,14-,15?/m0/s1. The number of hydrogen-bond acceptors (Lipinski definition) is 3. The third kappa shape index (κ3) is 3.01. The van der Waals surface area contributed by atoms with E-state index in [1.165, 1.54) is 19.3 Å². The molecule has 0 aromatic rings. The molecule has 2 heterocycles. The lowest BCUT2D eigenvalue weighted by atomic mass is 9.86. The fourth-order valence-electron chi connectivity index (χ4n) is 4.29. The summed E-state index contributed by atoms with van der Waals surface area (Å²) in [6, 6.07) is 0.556. The Hall–Kier alpha value is -0.610. The van der Waals surface area contributed by atoms with E-state index in [-0.39, 0.29) is 12.0 Å². The maximum atomic E-state index is 12.8. The van der Waals surface area contributed by atoms with Crippen LogP contribution in [0.2, 0.25) is 0 Å². The number of likely N-dealkylation sites (N-methyl/N-ethyl adjacent to an activating group) is 1. The quantitative estimate of drug-likeness (QED) is 0.791. The Morgan fingerprint density at radius 1 is 1.00 bits per heavy atom. The zero-order valence-corrected chi connectivity index (χ0v) is 12.6. The van der Waals surface area contributed by atoms with Crippen LogP contribution >= 0.6 is 0 Å². The molecule has 2 bridgehead atoms. The van der Waals surface area contributed by atoms with E-state index in [2.05, 4.69) is 16.8 Å². The summed E-state index contributed by atoms with van der Waals surface area (Å²) in [5, 5.41) is 9.60. The Balaban J connectivity index is 1.66. The lowest BCUT2D eigenvalue weighted by Crippen LogP contribution is -2.45. The smallest absolute Gasteiger partial charge is 0.225 e. The Morgan fingerprint density at radius 2 is 1.75 bits per heavy atom. The van der Waals surface area contributed by atoms with Crippen LogP contribution in [0.1, 0.15) is 44.9 Å². The van der Waals surface area contributed by atoms with Crippen LogP contribution in [0.5, 0.6) is 0 Å². The van der Waals surface area contributed by atoms with E-state index in [0.717, 1.165) is 45.3 Å². The van der Waals surface area contributed by atoms with Crippen molar-refractivity contribution in [3.05, 3.63) is 0 Å². The zero-order valence-electron chi connectivity index (χ0n) is 12.6. The summed E-state index contributed by atoms with van der Waals surface area (Å²) in [6.45, 7) is 3.03. The summed E-state index contributed by atoms with van der Waals surface area (Å²) in [6.07, 6.45) is 7.01. The molecular formula is C16H28N2O2. The molecule has 1 aliphatic carbocycles. The van der Waals surface area contributed by atoms with Gasteiger partial charge in [0.25, 0.3) is 0 Å².